The van der Waals surface area contributed by atoms with Crippen LogP contribution in [0.1, 0.15) is 30.6 Å². The van der Waals surface area contributed by atoms with Crippen LogP contribution >= 0.6 is 0 Å². The van der Waals surface area contributed by atoms with E-state index in [-0.39, 0.29) is 6.42 Å². The summed E-state index contributed by atoms with van der Waals surface area (Å²) >= 11 is 0. The maximum atomic E-state index is 11.1. The van der Waals surface area contributed by atoms with E-state index in [1.807, 2.05) is 36.7 Å². The number of amides is 1. The molecule has 2 heterocycles. The molecule has 2 aromatic heterocycles. The third-order valence-electron chi connectivity index (χ3n) is 3.82. The van der Waals surface area contributed by atoms with Crippen molar-refractivity contribution in [1.82, 2.24) is 24.7 Å². The molecule has 0 radical (unpaired) electrons. The minimum atomic E-state index is -0.439. The van der Waals surface area contributed by atoms with Crippen LogP contribution < -0.4 is 5.73 Å². The number of nitrogens with zero attached hydrogens (tertiary/aromatic N) is 5. The lowest BCUT2D eigenvalue weighted by atomic mass is 10.1. The standard InChI is InChI=1S/C17H20N6O/c1-4-7-23-17(21-16(22-23)9-15(18)24)12-5-6-13-14(8-12)20-11(3)10(2)19-13/h5-6,8H,4,7,9H2,1-3H3,(H2,18,24). The van der Waals surface area contributed by atoms with Crippen LogP contribution in [-0.2, 0) is 17.8 Å². The number of carbonyl (C=O) groups is 1. The summed E-state index contributed by atoms with van der Waals surface area (Å²) in [5.74, 6) is 0.720. The number of aryl methyl sites for hydroxylation is 3. The summed E-state index contributed by atoms with van der Waals surface area (Å²) in [6.45, 7) is 6.68. The van der Waals surface area contributed by atoms with Gasteiger partial charge in [-0.05, 0) is 38.5 Å². The van der Waals surface area contributed by atoms with E-state index in [1.54, 1.807) is 0 Å². The van der Waals surface area contributed by atoms with E-state index in [2.05, 4.69) is 27.0 Å². The van der Waals surface area contributed by atoms with Crippen molar-refractivity contribution in [2.75, 3.05) is 0 Å². The van der Waals surface area contributed by atoms with E-state index in [0.717, 1.165) is 46.8 Å². The van der Waals surface area contributed by atoms with Crippen molar-refractivity contribution >= 4 is 16.9 Å². The van der Waals surface area contributed by atoms with Gasteiger partial charge in [0.25, 0.3) is 0 Å². The molecular formula is C17H20N6O. The first kappa shape index (κ1) is 16.0. The SMILES string of the molecule is CCCn1nc(CC(N)=O)nc1-c1ccc2nc(C)c(C)nc2c1. The van der Waals surface area contributed by atoms with Gasteiger partial charge in [-0.2, -0.15) is 5.10 Å². The molecule has 0 atom stereocenters. The molecule has 0 saturated carbocycles. The van der Waals surface area contributed by atoms with Crippen molar-refractivity contribution in [3.05, 3.63) is 35.4 Å². The normalized spacial score (nSPS) is 11.1. The van der Waals surface area contributed by atoms with Gasteiger partial charge < -0.3 is 5.73 Å². The number of nitrogens with two attached hydrogens (primary N) is 1. The fourth-order valence-electron chi connectivity index (χ4n) is 2.57. The molecule has 1 aromatic carbocycles. The zero-order chi connectivity index (χ0) is 17.3. The third-order valence-corrected chi connectivity index (χ3v) is 3.82. The molecule has 124 valence electrons. The predicted octanol–water partition coefficient (Wildman–Crippen LogP) is 1.94. The quantitative estimate of drug-likeness (QED) is 0.773. The Morgan fingerprint density at radius 3 is 2.50 bits per heavy atom. The summed E-state index contributed by atoms with van der Waals surface area (Å²) in [5, 5.41) is 4.40. The average Bonchev–Trinajstić information content (AvgIpc) is 2.90. The summed E-state index contributed by atoms with van der Waals surface area (Å²) in [4.78, 5) is 24.8. The lowest BCUT2D eigenvalue weighted by molar-refractivity contribution is -0.117. The molecule has 0 spiro atoms. The second-order valence-electron chi connectivity index (χ2n) is 5.82. The van der Waals surface area contributed by atoms with Crippen molar-refractivity contribution in [3.63, 3.8) is 0 Å². The smallest absolute Gasteiger partial charge is 0.225 e. The first-order chi connectivity index (χ1) is 11.5. The largest absolute Gasteiger partial charge is 0.369 e. The van der Waals surface area contributed by atoms with Crippen LogP contribution in [0, 0.1) is 13.8 Å². The highest BCUT2D eigenvalue weighted by atomic mass is 16.1. The van der Waals surface area contributed by atoms with E-state index >= 15 is 0 Å². The highest BCUT2D eigenvalue weighted by Crippen LogP contribution is 2.22. The molecule has 24 heavy (non-hydrogen) atoms. The second kappa shape index (κ2) is 6.35. The molecule has 0 aliphatic rings. The third kappa shape index (κ3) is 3.10. The summed E-state index contributed by atoms with van der Waals surface area (Å²) in [6, 6.07) is 5.85. The Labute approximate surface area is 139 Å². The topological polar surface area (TPSA) is 99.6 Å². The van der Waals surface area contributed by atoms with Gasteiger partial charge in [-0.15, -0.1) is 0 Å². The van der Waals surface area contributed by atoms with Gasteiger partial charge in [0.1, 0.15) is 0 Å². The zero-order valence-electron chi connectivity index (χ0n) is 14.1. The fourth-order valence-corrected chi connectivity index (χ4v) is 2.57. The minimum Gasteiger partial charge on any atom is -0.369 e. The number of carbonyl (C=O) groups excluding carboxylic acids is 1. The van der Waals surface area contributed by atoms with Crippen molar-refractivity contribution < 1.29 is 4.79 Å². The van der Waals surface area contributed by atoms with Crippen molar-refractivity contribution in [1.29, 1.82) is 0 Å². The van der Waals surface area contributed by atoms with Crippen LogP contribution in [0.3, 0.4) is 0 Å². The van der Waals surface area contributed by atoms with Crippen LogP contribution in [0.25, 0.3) is 22.4 Å². The van der Waals surface area contributed by atoms with E-state index in [4.69, 9.17) is 5.73 Å². The van der Waals surface area contributed by atoms with Gasteiger partial charge in [0.15, 0.2) is 11.6 Å². The highest BCUT2D eigenvalue weighted by molar-refractivity contribution is 5.80. The van der Waals surface area contributed by atoms with Crippen molar-refractivity contribution in [2.24, 2.45) is 5.73 Å². The molecule has 0 fully saturated rings. The minimum absolute atomic E-state index is 0.0371. The van der Waals surface area contributed by atoms with E-state index in [9.17, 15) is 4.79 Å². The predicted molar refractivity (Wildman–Crippen MR) is 91.2 cm³/mol. The number of aromatic nitrogens is 5. The molecule has 0 aliphatic carbocycles. The molecule has 3 aromatic rings. The van der Waals surface area contributed by atoms with Crippen LogP contribution in [0.5, 0.6) is 0 Å². The van der Waals surface area contributed by atoms with Gasteiger partial charge in [-0.25, -0.2) is 19.6 Å². The summed E-state index contributed by atoms with van der Waals surface area (Å²) < 4.78 is 1.81. The Balaban J connectivity index is 2.09. The Morgan fingerprint density at radius 2 is 1.83 bits per heavy atom. The number of hydrogen-bond donors (Lipinski definition) is 1. The van der Waals surface area contributed by atoms with Gasteiger partial charge in [-0.3, -0.25) is 4.79 Å². The molecule has 3 rings (SSSR count). The summed E-state index contributed by atoms with van der Waals surface area (Å²) in [7, 11) is 0. The van der Waals surface area contributed by atoms with Crippen LogP contribution in [0.2, 0.25) is 0 Å². The number of primary amides is 1. The Hall–Kier alpha value is -2.83. The molecule has 7 nitrogen and oxygen atoms in total. The maximum absolute atomic E-state index is 11.1. The lowest BCUT2D eigenvalue weighted by Gasteiger charge is -2.06. The molecular weight excluding hydrogens is 304 g/mol. The molecule has 1 amide bonds. The van der Waals surface area contributed by atoms with E-state index < -0.39 is 5.91 Å². The van der Waals surface area contributed by atoms with Crippen LogP contribution in [-0.4, -0.2) is 30.6 Å². The molecule has 0 saturated heterocycles. The molecule has 0 aliphatic heterocycles. The monoisotopic (exact) mass is 324 g/mol. The van der Waals surface area contributed by atoms with Gasteiger partial charge in [0.05, 0.1) is 28.8 Å². The lowest BCUT2D eigenvalue weighted by Crippen LogP contribution is -2.14. The fraction of sp³-hybridized carbons (Fsp3) is 0.353. The van der Waals surface area contributed by atoms with Gasteiger partial charge >= 0.3 is 0 Å². The van der Waals surface area contributed by atoms with Crippen molar-refractivity contribution in [3.8, 4) is 11.4 Å². The molecule has 2 N–H and O–H groups in total. The Morgan fingerprint density at radius 1 is 1.12 bits per heavy atom. The summed E-state index contributed by atoms with van der Waals surface area (Å²) in [6.07, 6.45) is 0.952. The molecule has 0 unspecified atom stereocenters. The molecule has 7 heteroatoms. The van der Waals surface area contributed by atoms with Crippen molar-refractivity contribution in [2.45, 2.75) is 40.2 Å². The van der Waals surface area contributed by atoms with Gasteiger partial charge in [0, 0.05) is 12.1 Å². The van der Waals surface area contributed by atoms with E-state index in [1.165, 1.54) is 0 Å². The van der Waals surface area contributed by atoms with E-state index in [0.29, 0.717) is 5.82 Å². The number of hydrogen-bond acceptors (Lipinski definition) is 5. The van der Waals surface area contributed by atoms with Crippen LogP contribution in [0.4, 0.5) is 0 Å². The number of benzene rings is 1. The Bertz CT molecular complexity index is 915. The van der Waals surface area contributed by atoms with Gasteiger partial charge in [-0.1, -0.05) is 6.92 Å². The van der Waals surface area contributed by atoms with Gasteiger partial charge in [0.2, 0.25) is 5.91 Å². The first-order valence-electron chi connectivity index (χ1n) is 7.95. The maximum Gasteiger partial charge on any atom is 0.225 e. The van der Waals surface area contributed by atoms with Crippen LogP contribution in [0.15, 0.2) is 18.2 Å². The second-order valence-corrected chi connectivity index (χ2v) is 5.82. The molecule has 0 bridgehead atoms. The first-order valence-corrected chi connectivity index (χ1v) is 7.95. The number of fused-ring (bicyclic) bond motifs is 1. The number of rotatable bonds is 5. The highest BCUT2D eigenvalue weighted by Gasteiger charge is 2.14. The Kier molecular flexibility index (Phi) is 4.24. The average molecular weight is 324 g/mol. The zero-order valence-corrected chi connectivity index (χ0v) is 14.1. The summed E-state index contributed by atoms with van der Waals surface area (Å²) in [5.41, 5.74) is 9.65.